The van der Waals surface area contributed by atoms with Crippen molar-refractivity contribution in [3.8, 4) is 9.88 Å². The van der Waals surface area contributed by atoms with Crippen LogP contribution in [-0.2, 0) is 0 Å². The van der Waals surface area contributed by atoms with Gasteiger partial charge in [-0.25, -0.2) is 4.98 Å². The highest BCUT2D eigenvalue weighted by molar-refractivity contribution is 7.26. The minimum atomic E-state index is 0.0212. The molecular weight excluding hydrogens is 338 g/mol. The number of piperidine rings is 1. The maximum atomic E-state index is 12.5. The number of carbonyl (C=O) groups excluding carboxylic acids is 1. The molecule has 0 saturated carbocycles. The first-order valence-corrected chi connectivity index (χ1v) is 9.81. The minimum absolute atomic E-state index is 0.0212. The Labute approximate surface area is 148 Å². The van der Waals surface area contributed by atoms with E-state index in [1.54, 1.807) is 11.3 Å². The van der Waals surface area contributed by atoms with Crippen LogP contribution in [0.2, 0.25) is 0 Å². The van der Waals surface area contributed by atoms with Gasteiger partial charge in [-0.3, -0.25) is 4.79 Å². The van der Waals surface area contributed by atoms with E-state index in [-0.39, 0.29) is 11.9 Å². The van der Waals surface area contributed by atoms with E-state index in [4.69, 9.17) is 0 Å². The quantitative estimate of drug-likeness (QED) is 0.750. The number of nitrogens with zero attached hydrogens (tertiary/aromatic N) is 1. The molecule has 6 heteroatoms. The highest BCUT2D eigenvalue weighted by atomic mass is 32.1. The Bertz CT molecular complexity index is 837. The van der Waals surface area contributed by atoms with Gasteiger partial charge in [-0.15, -0.1) is 22.7 Å². The predicted octanol–water partition coefficient (Wildman–Crippen LogP) is 3.75. The molecule has 3 heterocycles. The van der Waals surface area contributed by atoms with E-state index in [0.717, 1.165) is 39.8 Å². The summed E-state index contributed by atoms with van der Waals surface area (Å²) in [6, 6.07) is 12.2. The van der Waals surface area contributed by atoms with Gasteiger partial charge in [0.15, 0.2) is 0 Å². The van der Waals surface area contributed by atoms with Crippen LogP contribution in [-0.4, -0.2) is 30.0 Å². The van der Waals surface area contributed by atoms with Crippen LogP contribution in [0.3, 0.4) is 0 Å². The van der Waals surface area contributed by atoms with Gasteiger partial charge in [0.1, 0.15) is 5.01 Å². The van der Waals surface area contributed by atoms with Crippen LogP contribution < -0.4 is 10.6 Å². The zero-order valence-corrected chi connectivity index (χ0v) is 15.0. The maximum absolute atomic E-state index is 12.5. The van der Waals surface area contributed by atoms with Crippen molar-refractivity contribution in [3.05, 3.63) is 41.3 Å². The zero-order valence-electron chi connectivity index (χ0n) is 13.4. The maximum Gasteiger partial charge on any atom is 0.261 e. The Morgan fingerprint density at radius 2 is 2.12 bits per heavy atom. The predicted molar refractivity (Wildman–Crippen MR) is 101 cm³/mol. The molecule has 1 aromatic carbocycles. The first-order chi connectivity index (χ1) is 11.7. The van der Waals surface area contributed by atoms with Crippen molar-refractivity contribution >= 4 is 38.8 Å². The summed E-state index contributed by atoms with van der Waals surface area (Å²) < 4.78 is 1.18. The molecule has 0 radical (unpaired) electrons. The molecule has 4 rings (SSSR count). The zero-order chi connectivity index (χ0) is 16.5. The van der Waals surface area contributed by atoms with Crippen molar-refractivity contribution in [2.75, 3.05) is 13.1 Å². The Kier molecular flexibility index (Phi) is 4.35. The Balaban J connectivity index is 1.52. The van der Waals surface area contributed by atoms with E-state index in [1.165, 1.54) is 16.0 Å². The highest BCUT2D eigenvalue weighted by Crippen LogP contribution is 2.34. The normalized spacial score (nSPS) is 21.0. The van der Waals surface area contributed by atoms with Crippen molar-refractivity contribution in [2.24, 2.45) is 5.92 Å². The van der Waals surface area contributed by atoms with Gasteiger partial charge >= 0.3 is 0 Å². The van der Waals surface area contributed by atoms with E-state index in [0.29, 0.717) is 5.92 Å². The van der Waals surface area contributed by atoms with E-state index >= 15 is 0 Å². The molecule has 1 fully saturated rings. The SMILES string of the molecule is CC1CCNCC1NC(=O)c1ccc(-c2nc3ccccc3s2)s1. The van der Waals surface area contributed by atoms with Crippen LogP contribution in [0, 0.1) is 5.92 Å². The number of aromatic nitrogens is 1. The summed E-state index contributed by atoms with van der Waals surface area (Å²) in [5, 5.41) is 7.50. The molecule has 1 amide bonds. The van der Waals surface area contributed by atoms with E-state index in [1.807, 2.05) is 30.3 Å². The number of nitrogens with one attached hydrogen (secondary N) is 2. The largest absolute Gasteiger partial charge is 0.347 e. The van der Waals surface area contributed by atoms with Crippen LogP contribution >= 0.6 is 22.7 Å². The first-order valence-electron chi connectivity index (χ1n) is 8.18. The van der Waals surface area contributed by atoms with Gasteiger partial charge in [-0.1, -0.05) is 19.1 Å². The Morgan fingerprint density at radius 3 is 2.96 bits per heavy atom. The van der Waals surface area contributed by atoms with Gasteiger partial charge in [0, 0.05) is 12.6 Å². The van der Waals surface area contributed by atoms with Crippen molar-refractivity contribution in [2.45, 2.75) is 19.4 Å². The van der Waals surface area contributed by atoms with E-state index in [9.17, 15) is 4.79 Å². The third-order valence-corrected chi connectivity index (χ3v) is 6.77. The number of thiophene rings is 1. The van der Waals surface area contributed by atoms with Crippen LogP contribution in [0.4, 0.5) is 0 Å². The van der Waals surface area contributed by atoms with E-state index < -0.39 is 0 Å². The van der Waals surface area contributed by atoms with Gasteiger partial charge in [-0.05, 0) is 43.1 Å². The lowest BCUT2D eigenvalue weighted by molar-refractivity contribution is 0.0919. The molecule has 124 valence electrons. The highest BCUT2D eigenvalue weighted by Gasteiger charge is 2.23. The summed E-state index contributed by atoms with van der Waals surface area (Å²) >= 11 is 3.18. The molecule has 2 aromatic heterocycles. The monoisotopic (exact) mass is 357 g/mol. The molecule has 0 bridgehead atoms. The second kappa shape index (κ2) is 6.63. The molecule has 1 aliphatic rings. The van der Waals surface area contributed by atoms with Crippen molar-refractivity contribution < 1.29 is 4.79 Å². The molecule has 0 spiro atoms. The van der Waals surface area contributed by atoms with Gasteiger partial charge in [0.2, 0.25) is 0 Å². The van der Waals surface area contributed by atoms with Crippen LogP contribution in [0.5, 0.6) is 0 Å². The number of hydrogen-bond acceptors (Lipinski definition) is 5. The van der Waals surface area contributed by atoms with Crippen LogP contribution in [0.25, 0.3) is 20.1 Å². The van der Waals surface area contributed by atoms with Gasteiger partial charge in [0.05, 0.1) is 20.0 Å². The number of thiazole rings is 1. The number of rotatable bonds is 3. The van der Waals surface area contributed by atoms with E-state index in [2.05, 4.69) is 28.6 Å². The number of amides is 1. The number of hydrogen-bond donors (Lipinski definition) is 2. The fourth-order valence-electron chi connectivity index (χ4n) is 2.97. The van der Waals surface area contributed by atoms with Crippen LogP contribution in [0.1, 0.15) is 23.0 Å². The van der Waals surface area contributed by atoms with Crippen molar-refractivity contribution in [3.63, 3.8) is 0 Å². The Hall–Kier alpha value is -1.76. The fraction of sp³-hybridized carbons (Fsp3) is 0.333. The standard InChI is InChI=1S/C18H19N3OS2/c1-11-8-9-19-10-13(11)20-17(22)15-6-7-16(23-15)18-21-12-4-2-3-5-14(12)24-18/h2-7,11,13,19H,8-10H2,1H3,(H,20,22). The number of fused-ring (bicyclic) bond motifs is 1. The molecule has 24 heavy (non-hydrogen) atoms. The molecule has 1 aliphatic heterocycles. The summed E-state index contributed by atoms with van der Waals surface area (Å²) in [7, 11) is 0. The smallest absolute Gasteiger partial charge is 0.261 e. The third-order valence-electron chi connectivity index (χ3n) is 4.48. The lowest BCUT2D eigenvalue weighted by atomic mass is 9.95. The molecule has 4 nitrogen and oxygen atoms in total. The molecule has 2 atom stereocenters. The van der Waals surface area contributed by atoms with Gasteiger partial charge < -0.3 is 10.6 Å². The third kappa shape index (κ3) is 3.09. The number of para-hydroxylation sites is 1. The second-order valence-corrected chi connectivity index (χ2v) is 8.32. The molecule has 1 saturated heterocycles. The Morgan fingerprint density at radius 1 is 1.25 bits per heavy atom. The lowest BCUT2D eigenvalue weighted by Gasteiger charge is -2.30. The average Bonchev–Trinajstić information content (AvgIpc) is 3.23. The summed E-state index contributed by atoms with van der Waals surface area (Å²) in [6.45, 7) is 4.09. The van der Waals surface area contributed by atoms with Gasteiger partial charge in [-0.2, -0.15) is 0 Å². The molecule has 3 aromatic rings. The molecule has 0 aliphatic carbocycles. The first kappa shape index (κ1) is 15.7. The summed E-state index contributed by atoms with van der Waals surface area (Å²) in [5.41, 5.74) is 1.01. The topological polar surface area (TPSA) is 54.0 Å². The number of carbonyl (C=O) groups is 1. The molecule has 2 N–H and O–H groups in total. The lowest BCUT2D eigenvalue weighted by Crippen LogP contribution is -2.50. The average molecular weight is 358 g/mol. The number of benzene rings is 1. The summed E-state index contributed by atoms with van der Waals surface area (Å²) in [5.74, 6) is 0.534. The van der Waals surface area contributed by atoms with Crippen LogP contribution in [0.15, 0.2) is 36.4 Å². The summed E-state index contributed by atoms with van der Waals surface area (Å²) in [6.07, 6.45) is 1.10. The van der Waals surface area contributed by atoms with Crippen molar-refractivity contribution in [1.29, 1.82) is 0 Å². The molecular formula is C18H19N3OS2. The van der Waals surface area contributed by atoms with Gasteiger partial charge in [0.25, 0.3) is 5.91 Å². The minimum Gasteiger partial charge on any atom is -0.347 e. The summed E-state index contributed by atoms with van der Waals surface area (Å²) in [4.78, 5) is 19.0. The fourth-order valence-corrected chi connectivity index (χ4v) is 4.90. The molecule has 2 unspecified atom stereocenters. The van der Waals surface area contributed by atoms with Crippen molar-refractivity contribution in [1.82, 2.24) is 15.6 Å². The second-order valence-electron chi connectivity index (χ2n) is 6.20.